The van der Waals surface area contributed by atoms with Gasteiger partial charge in [-0.3, -0.25) is 4.79 Å². The summed E-state index contributed by atoms with van der Waals surface area (Å²) in [5.74, 6) is 0.550. The normalized spacial score (nSPS) is 10.5. The molecule has 0 saturated carbocycles. The number of hydrogen-bond donors (Lipinski definition) is 1. The Hall–Kier alpha value is -2.43. The van der Waals surface area contributed by atoms with E-state index in [-0.39, 0.29) is 5.91 Å². The Bertz CT molecular complexity index is 930. The summed E-state index contributed by atoms with van der Waals surface area (Å²) >= 11 is 3.19. The lowest BCUT2D eigenvalue weighted by atomic mass is 10.2. The summed E-state index contributed by atoms with van der Waals surface area (Å²) in [6, 6.07) is 11.0. The Kier molecular flexibility index (Phi) is 5.08. The molecule has 0 spiro atoms. The molecule has 2 heterocycles. The van der Waals surface area contributed by atoms with Gasteiger partial charge in [0.05, 0.1) is 11.6 Å². The highest BCUT2D eigenvalue weighted by atomic mass is 32.2. The molecule has 24 heavy (non-hydrogen) atoms. The average Bonchev–Trinajstić information content (AvgIpc) is 2.96. The summed E-state index contributed by atoms with van der Waals surface area (Å²) < 4.78 is 0. The lowest BCUT2D eigenvalue weighted by molar-refractivity contribution is -0.115. The van der Waals surface area contributed by atoms with E-state index in [1.54, 1.807) is 53.7 Å². The number of thioether (sulfide) groups is 1. The fourth-order valence-corrected chi connectivity index (χ4v) is 4.03. The summed E-state index contributed by atoms with van der Waals surface area (Å²) in [6.45, 7) is 2.05. The first-order chi connectivity index (χ1) is 11.7. The third-order valence-corrected chi connectivity index (χ3v) is 5.22. The zero-order chi connectivity index (χ0) is 16.9. The first-order valence-electron chi connectivity index (χ1n) is 7.29. The fourth-order valence-electron chi connectivity index (χ4n) is 2.20. The molecule has 0 radical (unpaired) electrons. The summed E-state index contributed by atoms with van der Waals surface area (Å²) in [5, 5.41) is 13.6. The molecule has 120 valence electrons. The van der Waals surface area contributed by atoms with E-state index >= 15 is 0 Å². The number of nitrogens with one attached hydrogen (secondary N) is 1. The zero-order valence-electron chi connectivity index (χ0n) is 12.9. The smallest absolute Gasteiger partial charge is 0.225 e. The lowest BCUT2D eigenvalue weighted by Gasteiger charge is -2.05. The third kappa shape index (κ3) is 3.91. The molecule has 5 nitrogen and oxygen atoms in total. The minimum absolute atomic E-state index is 0.0793. The van der Waals surface area contributed by atoms with Crippen LogP contribution in [-0.2, 0) is 4.79 Å². The van der Waals surface area contributed by atoms with E-state index < -0.39 is 0 Å². The Morgan fingerprint density at radius 1 is 1.38 bits per heavy atom. The molecule has 0 aliphatic rings. The van der Waals surface area contributed by atoms with Gasteiger partial charge >= 0.3 is 0 Å². The van der Waals surface area contributed by atoms with E-state index in [0.29, 0.717) is 23.4 Å². The first kappa shape index (κ1) is 16.4. The number of nitriles is 1. The topological polar surface area (TPSA) is 78.7 Å². The van der Waals surface area contributed by atoms with Crippen LogP contribution in [0.4, 0.5) is 5.69 Å². The molecule has 7 heteroatoms. The number of carbonyl (C=O) groups is 1. The van der Waals surface area contributed by atoms with E-state index in [4.69, 9.17) is 5.26 Å². The fraction of sp³-hybridized carbons (Fsp3) is 0.176. The van der Waals surface area contributed by atoms with Crippen molar-refractivity contribution < 1.29 is 4.79 Å². The minimum atomic E-state index is -0.0793. The van der Waals surface area contributed by atoms with Gasteiger partial charge in [-0.1, -0.05) is 6.07 Å². The third-order valence-electron chi connectivity index (χ3n) is 3.26. The molecule has 1 N–H and O–H groups in total. The molecule has 0 fully saturated rings. The predicted octanol–water partition coefficient (Wildman–Crippen LogP) is 3.99. The van der Waals surface area contributed by atoms with Crippen LogP contribution in [-0.4, -0.2) is 21.6 Å². The van der Waals surface area contributed by atoms with Crippen LogP contribution in [0.2, 0.25) is 0 Å². The number of benzene rings is 1. The van der Waals surface area contributed by atoms with Crippen LogP contribution in [0.1, 0.15) is 16.9 Å². The molecule has 0 aliphatic heterocycles. The minimum Gasteiger partial charge on any atom is -0.326 e. The summed E-state index contributed by atoms with van der Waals surface area (Å²) in [6.07, 6.45) is 1.93. The molecule has 0 bridgehead atoms. The highest BCUT2D eigenvalue weighted by molar-refractivity contribution is 7.99. The summed E-state index contributed by atoms with van der Waals surface area (Å²) in [5.41, 5.74) is 1.17. The van der Waals surface area contributed by atoms with Crippen molar-refractivity contribution in [3.8, 4) is 6.07 Å². The number of amides is 1. The molecule has 1 amide bonds. The number of fused-ring (bicyclic) bond motifs is 1. The van der Waals surface area contributed by atoms with E-state index in [1.807, 2.05) is 6.92 Å². The van der Waals surface area contributed by atoms with Crippen molar-refractivity contribution in [2.24, 2.45) is 0 Å². The van der Waals surface area contributed by atoms with Gasteiger partial charge in [-0.25, -0.2) is 9.97 Å². The second-order valence-corrected chi connectivity index (χ2v) is 7.41. The van der Waals surface area contributed by atoms with E-state index in [9.17, 15) is 4.79 Å². The molecule has 1 aromatic carbocycles. The maximum Gasteiger partial charge on any atom is 0.225 e. The number of carbonyl (C=O) groups excluding carboxylic acids is 1. The number of thiophene rings is 1. The van der Waals surface area contributed by atoms with Crippen molar-refractivity contribution in [1.82, 2.24) is 9.97 Å². The van der Waals surface area contributed by atoms with Gasteiger partial charge in [-0.2, -0.15) is 5.26 Å². The quantitative estimate of drug-likeness (QED) is 0.553. The van der Waals surface area contributed by atoms with Gasteiger partial charge in [-0.15, -0.1) is 23.1 Å². The maximum absolute atomic E-state index is 12.0. The molecule has 0 unspecified atom stereocenters. The lowest BCUT2D eigenvalue weighted by Crippen LogP contribution is -2.12. The van der Waals surface area contributed by atoms with Gasteiger partial charge in [0, 0.05) is 28.1 Å². The number of aromatic nitrogens is 2. The monoisotopic (exact) mass is 354 g/mol. The largest absolute Gasteiger partial charge is 0.326 e. The van der Waals surface area contributed by atoms with Gasteiger partial charge in [0.1, 0.15) is 16.2 Å². The SMILES string of the molecule is Cc1cc2c(SCCC(=O)Nc3cccc(C#N)c3)ncnc2s1. The van der Waals surface area contributed by atoms with Crippen LogP contribution in [0.25, 0.3) is 10.2 Å². The summed E-state index contributed by atoms with van der Waals surface area (Å²) in [4.78, 5) is 22.8. The molecule has 0 atom stereocenters. The van der Waals surface area contributed by atoms with Crippen LogP contribution < -0.4 is 5.32 Å². The molecular weight excluding hydrogens is 340 g/mol. The van der Waals surface area contributed by atoms with Gasteiger partial charge in [0.2, 0.25) is 5.91 Å². The van der Waals surface area contributed by atoms with E-state index in [0.717, 1.165) is 15.2 Å². The molecule has 2 aromatic heterocycles. The number of rotatable bonds is 5. The Morgan fingerprint density at radius 2 is 2.25 bits per heavy atom. The molecule has 3 aromatic rings. The highest BCUT2D eigenvalue weighted by Gasteiger charge is 2.09. The van der Waals surface area contributed by atoms with Crippen LogP contribution in [0, 0.1) is 18.3 Å². The predicted molar refractivity (Wildman–Crippen MR) is 97.3 cm³/mol. The van der Waals surface area contributed by atoms with Crippen LogP contribution >= 0.6 is 23.1 Å². The molecular formula is C17H14N4OS2. The Balaban J connectivity index is 1.57. The molecule has 3 rings (SSSR count). The van der Waals surface area contributed by atoms with Crippen LogP contribution in [0.15, 0.2) is 41.7 Å². The van der Waals surface area contributed by atoms with Gasteiger partial charge < -0.3 is 5.32 Å². The van der Waals surface area contributed by atoms with Gasteiger partial charge in [0.15, 0.2) is 0 Å². The molecule has 0 saturated heterocycles. The van der Waals surface area contributed by atoms with Crippen LogP contribution in [0.3, 0.4) is 0 Å². The second-order valence-electron chi connectivity index (χ2n) is 5.09. The van der Waals surface area contributed by atoms with Crippen molar-refractivity contribution in [3.05, 3.63) is 47.1 Å². The second kappa shape index (κ2) is 7.43. The van der Waals surface area contributed by atoms with Gasteiger partial charge in [-0.05, 0) is 31.2 Å². The maximum atomic E-state index is 12.0. The molecule has 0 aliphatic carbocycles. The number of anilines is 1. The average molecular weight is 354 g/mol. The zero-order valence-corrected chi connectivity index (χ0v) is 14.6. The van der Waals surface area contributed by atoms with Crippen molar-refractivity contribution in [1.29, 1.82) is 5.26 Å². The first-order valence-corrected chi connectivity index (χ1v) is 9.10. The Morgan fingerprint density at radius 3 is 3.08 bits per heavy atom. The van der Waals surface area contributed by atoms with Crippen molar-refractivity contribution >= 4 is 44.9 Å². The standard InChI is InChI=1S/C17H14N4OS2/c1-11-7-14-16(19-10-20-17(14)24-11)23-6-5-15(22)21-13-4-2-3-12(8-13)9-18/h2-4,7-8,10H,5-6H2,1H3,(H,21,22). The Labute approximate surface area is 147 Å². The van der Waals surface area contributed by atoms with E-state index in [2.05, 4.69) is 27.4 Å². The van der Waals surface area contributed by atoms with Crippen molar-refractivity contribution in [3.63, 3.8) is 0 Å². The number of hydrogen-bond acceptors (Lipinski definition) is 6. The van der Waals surface area contributed by atoms with E-state index in [1.165, 1.54) is 4.88 Å². The van der Waals surface area contributed by atoms with Crippen LogP contribution in [0.5, 0.6) is 0 Å². The van der Waals surface area contributed by atoms with Crippen molar-refractivity contribution in [2.75, 3.05) is 11.1 Å². The summed E-state index contributed by atoms with van der Waals surface area (Å²) in [7, 11) is 0. The highest BCUT2D eigenvalue weighted by Crippen LogP contribution is 2.30. The number of nitrogens with zero attached hydrogens (tertiary/aromatic N) is 3. The number of aryl methyl sites for hydroxylation is 1. The van der Waals surface area contributed by atoms with Crippen molar-refractivity contribution in [2.45, 2.75) is 18.4 Å². The van der Waals surface area contributed by atoms with Gasteiger partial charge in [0.25, 0.3) is 0 Å².